The zero-order valence-electron chi connectivity index (χ0n) is 12.1. The Kier molecular flexibility index (Phi) is 4.49. The first-order valence-corrected chi connectivity index (χ1v) is 9.38. The van der Waals surface area contributed by atoms with Crippen LogP contribution in [0.25, 0.3) is 10.8 Å². The predicted octanol–water partition coefficient (Wildman–Crippen LogP) is 1.60. The normalized spacial score (nSPS) is 14.4. The van der Waals surface area contributed by atoms with Crippen molar-refractivity contribution in [2.24, 2.45) is 0 Å². The van der Waals surface area contributed by atoms with E-state index in [0.717, 1.165) is 12.1 Å². The van der Waals surface area contributed by atoms with Crippen LogP contribution in [0.2, 0.25) is 0 Å². The van der Waals surface area contributed by atoms with Crippen molar-refractivity contribution < 1.29 is 31.3 Å². The molecule has 0 aliphatic rings. The third kappa shape index (κ3) is 4.08. The molecule has 9 heteroatoms. The Balaban J connectivity index is 2.75. The Morgan fingerprint density at radius 2 is 1.74 bits per heavy atom. The number of hydrogen-bond acceptors (Lipinski definition) is 5. The molecular formula is C14H14O7S2. The van der Waals surface area contributed by atoms with E-state index in [-0.39, 0.29) is 28.4 Å². The van der Waals surface area contributed by atoms with Crippen molar-refractivity contribution in [2.75, 3.05) is 6.61 Å². The fourth-order valence-corrected chi connectivity index (χ4v) is 3.06. The number of carbonyl (C=O) groups excluding carboxylic acids is 1. The Hall–Kier alpha value is -1.94. The number of Topliss-reactive ketones (excluding diaryl/α,β-unsaturated/α-hetero) is 1. The molecule has 0 spiro atoms. The van der Waals surface area contributed by atoms with E-state index in [1.165, 1.54) is 25.1 Å². The average Bonchev–Trinajstić information content (AvgIpc) is 2.41. The van der Waals surface area contributed by atoms with Crippen LogP contribution in [0.3, 0.4) is 0 Å². The fourth-order valence-electron chi connectivity index (χ4n) is 1.93. The molecular weight excluding hydrogens is 344 g/mol. The molecule has 0 radical (unpaired) electrons. The highest BCUT2D eigenvalue weighted by molar-refractivity contribution is 7.95. The van der Waals surface area contributed by atoms with Gasteiger partial charge in [-0.3, -0.25) is 9.35 Å². The standard InChI is InChI=1S/C14H14O7S2/c1-9(15)8-21-14-7-12(23(18,19)20)6-10-5-11(22(2,16)17)3-4-13(10)14/h3-7H,2,8H2,1H3,(H,16,17)(H,18,19,20). The molecule has 0 saturated heterocycles. The van der Waals surface area contributed by atoms with Gasteiger partial charge in [0.15, 0.2) is 5.78 Å². The van der Waals surface area contributed by atoms with Crippen molar-refractivity contribution in [3.63, 3.8) is 0 Å². The second kappa shape index (κ2) is 5.93. The Labute approximate surface area is 133 Å². The number of carbonyl (C=O) groups is 1. The molecule has 0 aliphatic carbocycles. The molecule has 2 aromatic carbocycles. The molecule has 1 unspecified atom stereocenters. The number of hydrogen-bond donors (Lipinski definition) is 2. The molecule has 0 heterocycles. The molecule has 1 atom stereocenters. The lowest BCUT2D eigenvalue weighted by atomic mass is 10.1. The van der Waals surface area contributed by atoms with Gasteiger partial charge in [-0.15, -0.1) is 0 Å². The number of benzene rings is 2. The van der Waals surface area contributed by atoms with Gasteiger partial charge in [0.2, 0.25) is 0 Å². The highest BCUT2D eigenvalue weighted by Gasteiger charge is 2.16. The summed E-state index contributed by atoms with van der Waals surface area (Å²) >= 11 is 0. The minimum absolute atomic E-state index is 0.00462. The van der Waals surface area contributed by atoms with Crippen molar-refractivity contribution in [3.05, 3.63) is 30.3 Å². The first-order valence-electron chi connectivity index (χ1n) is 6.26. The van der Waals surface area contributed by atoms with Crippen molar-refractivity contribution in [1.82, 2.24) is 0 Å². The monoisotopic (exact) mass is 358 g/mol. The smallest absolute Gasteiger partial charge is 0.294 e. The maximum absolute atomic E-state index is 11.6. The number of ketones is 1. The van der Waals surface area contributed by atoms with Crippen molar-refractivity contribution in [3.8, 4) is 5.75 Å². The zero-order chi connectivity index (χ0) is 17.4. The van der Waals surface area contributed by atoms with E-state index in [1.807, 2.05) is 0 Å². The van der Waals surface area contributed by atoms with Gasteiger partial charge in [-0.05, 0) is 42.4 Å². The number of ether oxygens (including phenoxy) is 1. The van der Waals surface area contributed by atoms with E-state index in [2.05, 4.69) is 5.87 Å². The molecule has 0 saturated carbocycles. The minimum atomic E-state index is -4.52. The van der Waals surface area contributed by atoms with Crippen LogP contribution in [-0.4, -0.2) is 40.0 Å². The Morgan fingerprint density at radius 1 is 1.13 bits per heavy atom. The summed E-state index contributed by atoms with van der Waals surface area (Å²) in [7, 11) is -8.01. The molecule has 0 amide bonds. The van der Waals surface area contributed by atoms with Gasteiger partial charge in [0.25, 0.3) is 10.1 Å². The first kappa shape index (κ1) is 17.4. The van der Waals surface area contributed by atoms with Gasteiger partial charge >= 0.3 is 0 Å². The maximum atomic E-state index is 11.6. The fraction of sp³-hybridized carbons (Fsp3) is 0.143. The predicted molar refractivity (Wildman–Crippen MR) is 86.1 cm³/mol. The van der Waals surface area contributed by atoms with Crippen LogP contribution in [0, 0.1) is 0 Å². The van der Waals surface area contributed by atoms with Gasteiger partial charge < -0.3 is 9.29 Å². The van der Waals surface area contributed by atoms with Crippen LogP contribution >= 0.6 is 0 Å². The molecule has 0 bridgehead atoms. The van der Waals surface area contributed by atoms with Crippen molar-refractivity contribution in [1.29, 1.82) is 0 Å². The lowest BCUT2D eigenvalue weighted by Gasteiger charge is -2.11. The van der Waals surface area contributed by atoms with Crippen LogP contribution in [0.4, 0.5) is 0 Å². The highest BCUT2D eigenvalue weighted by Crippen LogP contribution is 2.31. The summed E-state index contributed by atoms with van der Waals surface area (Å²) in [5.74, 6) is 2.93. The van der Waals surface area contributed by atoms with Crippen LogP contribution in [0.15, 0.2) is 40.1 Å². The summed E-state index contributed by atoms with van der Waals surface area (Å²) in [6, 6.07) is 6.31. The molecule has 124 valence electrons. The lowest BCUT2D eigenvalue weighted by Crippen LogP contribution is -2.08. The van der Waals surface area contributed by atoms with E-state index in [4.69, 9.17) is 4.74 Å². The topological polar surface area (TPSA) is 118 Å². The third-order valence-corrected chi connectivity index (χ3v) is 4.78. The summed E-state index contributed by atoms with van der Waals surface area (Å²) in [6.07, 6.45) is 0. The van der Waals surface area contributed by atoms with Gasteiger partial charge in [0.1, 0.15) is 22.2 Å². The molecule has 0 aliphatic heterocycles. The van der Waals surface area contributed by atoms with Crippen molar-refractivity contribution >= 4 is 42.3 Å². The van der Waals surface area contributed by atoms with E-state index >= 15 is 0 Å². The quantitative estimate of drug-likeness (QED) is 0.615. The Morgan fingerprint density at radius 3 is 2.26 bits per heavy atom. The number of rotatable bonds is 5. The molecule has 7 nitrogen and oxygen atoms in total. The second-order valence-electron chi connectivity index (χ2n) is 4.91. The highest BCUT2D eigenvalue weighted by atomic mass is 32.2. The second-order valence-corrected chi connectivity index (χ2v) is 8.08. The summed E-state index contributed by atoms with van der Waals surface area (Å²) in [6.45, 7) is 1.02. The molecule has 2 rings (SSSR count). The number of fused-ring (bicyclic) bond motifs is 1. The molecule has 0 aromatic heterocycles. The minimum Gasteiger partial charge on any atom is -0.485 e. The van der Waals surface area contributed by atoms with Gasteiger partial charge in [0, 0.05) is 11.5 Å². The first-order chi connectivity index (χ1) is 10.5. The van der Waals surface area contributed by atoms with Crippen LogP contribution in [0.5, 0.6) is 5.75 Å². The summed E-state index contributed by atoms with van der Waals surface area (Å²) < 4.78 is 58.3. The SMILES string of the molecule is C=S(=O)(O)c1ccc2c(OCC(C)=O)cc(S(=O)(=O)O)cc2c1. The van der Waals surface area contributed by atoms with Crippen LogP contribution < -0.4 is 4.74 Å². The van der Waals surface area contributed by atoms with Crippen LogP contribution in [-0.2, 0) is 24.7 Å². The summed E-state index contributed by atoms with van der Waals surface area (Å²) in [5, 5.41) is 0.674. The Bertz CT molecular complexity index is 984. The largest absolute Gasteiger partial charge is 0.485 e. The van der Waals surface area contributed by atoms with E-state index in [9.17, 15) is 26.5 Å². The third-order valence-electron chi connectivity index (χ3n) is 2.96. The summed E-state index contributed by atoms with van der Waals surface area (Å²) in [5.41, 5.74) is 0. The van der Waals surface area contributed by atoms with E-state index < -0.39 is 24.8 Å². The maximum Gasteiger partial charge on any atom is 0.294 e. The van der Waals surface area contributed by atoms with Gasteiger partial charge in [-0.2, -0.15) is 8.42 Å². The van der Waals surface area contributed by atoms with E-state index in [0.29, 0.717) is 5.39 Å². The van der Waals surface area contributed by atoms with Gasteiger partial charge in [-0.1, -0.05) is 0 Å². The zero-order valence-corrected chi connectivity index (χ0v) is 13.7. The summed E-state index contributed by atoms with van der Waals surface area (Å²) in [4.78, 5) is 10.6. The average molecular weight is 358 g/mol. The molecule has 0 fully saturated rings. The van der Waals surface area contributed by atoms with Crippen LogP contribution in [0.1, 0.15) is 6.92 Å². The van der Waals surface area contributed by atoms with Gasteiger partial charge in [-0.25, -0.2) is 4.21 Å². The lowest BCUT2D eigenvalue weighted by molar-refractivity contribution is -0.118. The molecule has 2 N–H and O–H groups in total. The van der Waals surface area contributed by atoms with E-state index in [1.54, 1.807) is 0 Å². The molecule has 23 heavy (non-hydrogen) atoms. The molecule has 2 aromatic rings. The van der Waals surface area contributed by atoms with Gasteiger partial charge in [0.05, 0.1) is 9.79 Å². The van der Waals surface area contributed by atoms with Crippen molar-refractivity contribution in [2.45, 2.75) is 16.7 Å².